The molecule has 2 aromatic carbocycles. The Morgan fingerprint density at radius 3 is 2.57 bits per heavy atom. The summed E-state index contributed by atoms with van der Waals surface area (Å²) in [5.41, 5.74) is 2.46. The van der Waals surface area contributed by atoms with Gasteiger partial charge in [-0.1, -0.05) is 30.3 Å². The van der Waals surface area contributed by atoms with E-state index in [1.165, 1.54) is 11.1 Å². The van der Waals surface area contributed by atoms with Crippen molar-refractivity contribution < 1.29 is 9.47 Å². The molecular weight excluding hydrogens is 262 g/mol. The molecule has 0 radical (unpaired) electrons. The number of methoxy groups -OCH3 is 2. The molecule has 0 saturated heterocycles. The predicted octanol–water partition coefficient (Wildman–Crippen LogP) is 3.60. The van der Waals surface area contributed by atoms with Gasteiger partial charge in [0.25, 0.3) is 0 Å². The second-order valence-electron chi connectivity index (χ2n) is 5.02. The van der Waals surface area contributed by atoms with E-state index in [-0.39, 0.29) is 6.04 Å². The summed E-state index contributed by atoms with van der Waals surface area (Å²) in [6, 6.07) is 16.6. The first-order valence-corrected chi connectivity index (χ1v) is 7.24. The van der Waals surface area contributed by atoms with Crippen molar-refractivity contribution in [2.24, 2.45) is 0 Å². The van der Waals surface area contributed by atoms with Gasteiger partial charge in [0.2, 0.25) is 0 Å². The maximum atomic E-state index is 5.40. The number of hydrogen-bond donors (Lipinski definition) is 1. The first-order chi connectivity index (χ1) is 10.2. The van der Waals surface area contributed by atoms with Crippen molar-refractivity contribution in [2.45, 2.75) is 19.4 Å². The third-order valence-electron chi connectivity index (χ3n) is 3.60. The van der Waals surface area contributed by atoms with E-state index in [0.29, 0.717) is 0 Å². The first-order valence-electron chi connectivity index (χ1n) is 7.24. The molecule has 0 amide bonds. The van der Waals surface area contributed by atoms with Crippen molar-refractivity contribution in [3.63, 3.8) is 0 Å². The number of ether oxygens (including phenoxy) is 2. The van der Waals surface area contributed by atoms with Gasteiger partial charge in [0.15, 0.2) is 0 Å². The summed E-state index contributed by atoms with van der Waals surface area (Å²) in [7, 11) is 3.41. The average Bonchev–Trinajstić information content (AvgIpc) is 2.55. The summed E-state index contributed by atoms with van der Waals surface area (Å²) in [5, 5.41) is 3.54. The molecule has 2 rings (SSSR count). The fourth-order valence-electron chi connectivity index (χ4n) is 2.40. The van der Waals surface area contributed by atoms with Crippen LogP contribution in [0, 0.1) is 0 Å². The Labute approximate surface area is 126 Å². The topological polar surface area (TPSA) is 30.5 Å². The van der Waals surface area contributed by atoms with Crippen LogP contribution in [0.3, 0.4) is 0 Å². The van der Waals surface area contributed by atoms with Gasteiger partial charge in [-0.25, -0.2) is 0 Å². The van der Waals surface area contributed by atoms with Crippen molar-refractivity contribution in [3.8, 4) is 11.5 Å². The lowest BCUT2D eigenvalue weighted by atomic mass is 10.1. The Morgan fingerprint density at radius 1 is 1.00 bits per heavy atom. The van der Waals surface area contributed by atoms with Gasteiger partial charge in [-0.15, -0.1) is 0 Å². The van der Waals surface area contributed by atoms with Crippen molar-refractivity contribution in [3.05, 3.63) is 59.7 Å². The third kappa shape index (κ3) is 4.23. The van der Waals surface area contributed by atoms with E-state index < -0.39 is 0 Å². The molecule has 0 aliphatic carbocycles. The predicted molar refractivity (Wildman–Crippen MR) is 86.1 cm³/mol. The highest BCUT2D eigenvalue weighted by Crippen LogP contribution is 2.24. The molecule has 21 heavy (non-hydrogen) atoms. The van der Waals surface area contributed by atoms with E-state index in [0.717, 1.165) is 24.5 Å². The summed E-state index contributed by atoms with van der Waals surface area (Å²) in [6.45, 7) is 3.07. The summed E-state index contributed by atoms with van der Waals surface area (Å²) < 4.78 is 10.6. The molecule has 112 valence electrons. The Hall–Kier alpha value is -2.00. The number of rotatable bonds is 7. The minimum Gasteiger partial charge on any atom is -0.497 e. The molecule has 0 saturated carbocycles. The molecule has 1 unspecified atom stereocenters. The minimum absolute atomic E-state index is 0.256. The van der Waals surface area contributed by atoms with Crippen LogP contribution in [0.2, 0.25) is 0 Å². The van der Waals surface area contributed by atoms with Crippen LogP contribution in [-0.2, 0) is 6.42 Å². The normalized spacial score (nSPS) is 12.0. The molecule has 2 aromatic rings. The SMILES string of the molecule is COc1cccc(CCNC(C)c2ccccc2OC)c1. The molecule has 0 bridgehead atoms. The Balaban J connectivity index is 1.90. The van der Waals surface area contributed by atoms with Gasteiger partial charge >= 0.3 is 0 Å². The fraction of sp³-hybridized carbons (Fsp3) is 0.333. The van der Waals surface area contributed by atoms with Crippen LogP contribution in [0.25, 0.3) is 0 Å². The number of nitrogens with one attached hydrogen (secondary N) is 1. The van der Waals surface area contributed by atoms with E-state index in [1.807, 2.05) is 30.3 Å². The van der Waals surface area contributed by atoms with Crippen molar-refractivity contribution in [1.82, 2.24) is 5.32 Å². The maximum absolute atomic E-state index is 5.40. The largest absolute Gasteiger partial charge is 0.497 e. The molecule has 0 aliphatic rings. The van der Waals surface area contributed by atoms with Gasteiger partial charge in [0.05, 0.1) is 14.2 Å². The molecule has 0 aliphatic heterocycles. The summed E-state index contributed by atoms with van der Waals surface area (Å²) in [5.74, 6) is 1.84. The van der Waals surface area contributed by atoms with Crippen molar-refractivity contribution in [1.29, 1.82) is 0 Å². The lowest BCUT2D eigenvalue weighted by Crippen LogP contribution is -2.21. The van der Waals surface area contributed by atoms with Crippen LogP contribution in [0.1, 0.15) is 24.1 Å². The van der Waals surface area contributed by atoms with Crippen LogP contribution in [0.15, 0.2) is 48.5 Å². The molecular formula is C18H23NO2. The van der Waals surface area contributed by atoms with E-state index >= 15 is 0 Å². The smallest absolute Gasteiger partial charge is 0.123 e. The zero-order valence-electron chi connectivity index (χ0n) is 12.9. The van der Waals surface area contributed by atoms with Gasteiger partial charge in [-0.05, 0) is 43.7 Å². The van der Waals surface area contributed by atoms with Crippen LogP contribution in [-0.4, -0.2) is 20.8 Å². The van der Waals surface area contributed by atoms with Crippen LogP contribution in [0.5, 0.6) is 11.5 Å². The number of benzene rings is 2. The van der Waals surface area contributed by atoms with Gasteiger partial charge in [0, 0.05) is 11.6 Å². The summed E-state index contributed by atoms with van der Waals surface area (Å²) in [4.78, 5) is 0. The second-order valence-corrected chi connectivity index (χ2v) is 5.02. The number of para-hydroxylation sites is 1. The van der Waals surface area contributed by atoms with E-state index in [2.05, 4.69) is 30.4 Å². The van der Waals surface area contributed by atoms with E-state index in [4.69, 9.17) is 9.47 Å². The lowest BCUT2D eigenvalue weighted by molar-refractivity contribution is 0.402. The Morgan fingerprint density at radius 2 is 1.81 bits per heavy atom. The first kappa shape index (κ1) is 15.4. The van der Waals surface area contributed by atoms with Crippen LogP contribution >= 0.6 is 0 Å². The molecule has 0 heterocycles. The van der Waals surface area contributed by atoms with Crippen LogP contribution in [0.4, 0.5) is 0 Å². The molecule has 3 heteroatoms. The van der Waals surface area contributed by atoms with Gasteiger partial charge < -0.3 is 14.8 Å². The highest BCUT2D eigenvalue weighted by atomic mass is 16.5. The summed E-state index contributed by atoms with van der Waals surface area (Å²) >= 11 is 0. The molecule has 0 spiro atoms. The van der Waals surface area contributed by atoms with E-state index in [1.54, 1.807) is 14.2 Å². The molecule has 1 N–H and O–H groups in total. The standard InChI is InChI=1S/C18H23NO2/c1-14(17-9-4-5-10-18(17)21-3)19-12-11-15-7-6-8-16(13-15)20-2/h4-10,13-14,19H,11-12H2,1-3H3. The molecule has 0 fully saturated rings. The lowest BCUT2D eigenvalue weighted by Gasteiger charge is -2.17. The Bertz CT molecular complexity index is 569. The second kappa shape index (κ2) is 7.70. The zero-order valence-corrected chi connectivity index (χ0v) is 12.9. The Kier molecular flexibility index (Phi) is 5.64. The third-order valence-corrected chi connectivity index (χ3v) is 3.60. The highest BCUT2D eigenvalue weighted by Gasteiger charge is 2.09. The maximum Gasteiger partial charge on any atom is 0.123 e. The minimum atomic E-state index is 0.256. The molecule has 0 aromatic heterocycles. The average molecular weight is 285 g/mol. The van der Waals surface area contributed by atoms with E-state index in [9.17, 15) is 0 Å². The van der Waals surface area contributed by atoms with Crippen molar-refractivity contribution in [2.75, 3.05) is 20.8 Å². The quantitative estimate of drug-likeness (QED) is 0.843. The van der Waals surface area contributed by atoms with Crippen molar-refractivity contribution >= 4 is 0 Å². The molecule has 3 nitrogen and oxygen atoms in total. The fourth-order valence-corrected chi connectivity index (χ4v) is 2.40. The summed E-state index contributed by atoms with van der Waals surface area (Å²) in [6.07, 6.45) is 0.969. The monoisotopic (exact) mass is 285 g/mol. The highest BCUT2D eigenvalue weighted by molar-refractivity contribution is 5.35. The number of hydrogen-bond acceptors (Lipinski definition) is 3. The van der Waals surface area contributed by atoms with Crippen LogP contribution < -0.4 is 14.8 Å². The zero-order chi connectivity index (χ0) is 15.1. The molecule has 1 atom stereocenters. The van der Waals surface area contributed by atoms with Gasteiger partial charge in [-0.2, -0.15) is 0 Å². The van der Waals surface area contributed by atoms with Gasteiger partial charge in [0.1, 0.15) is 11.5 Å². The van der Waals surface area contributed by atoms with Gasteiger partial charge in [-0.3, -0.25) is 0 Å².